The largest absolute Gasteiger partial charge is 0.490 e. The first-order valence-corrected chi connectivity index (χ1v) is 6.89. The molecule has 4 atom stereocenters. The Labute approximate surface area is 125 Å². The lowest BCUT2D eigenvalue weighted by Crippen LogP contribution is -2.41. The Bertz CT molecular complexity index is 468. The van der Waals surface area contributed by atoms with Gasteiger partial charge >= 0.3 is 12.1 Å². The van der Waals surface area contributed by atoms with Crippen molar-refractivity contribution in [1.29, 1.82) is 0 Å². The lowest BCUT2D eigenvalue weighted by atomic mass is 9.94. The van der Waals surface area contributed by atoms with Gasteiger partial charge < -0.3 is 20.0 Å². The van der Waals surface area contributed by atoms with Gasteiger partial charge in [-0.3, -0.25) is 0 Å². The number of nitrogens with zero attached hydrogens (tertiary/aromatic N) is 1. The topological polar surface area (TPSA) is 80.1 Å². The number of carbonyl (C=O) groups is 1. The number of rotatable bonds is 2. The number of alkyl halides is 3. The molecule has 0 amide bonds. The van der Waals surface area contributed by atoms with Crippen molar-refractivity contribution < 1.29 is 32.6 Å². The molecule has 0 bridgehead atoms. The van der Waals surface area contributed by atoms with Crippen LogP contribution in [0.2, 0.25) is 0 Å². The Hall–Kier alpha value is -1.35. The number of hydrogen-bond donors (Lipinski definition) is 2. The number of halogens is 3. The normalized spacial score (nSPS) is 34.9. The van der Waals surface area contributed by atoms with Crippen LogP contribution in [0.15, 0.2) is 5.16 Å². The van der Waals surface area contributed by atoms with Crippen LogP contribution >= 0.6 is 0 Å². The Morgan fingerprint density at radius 2 is 1.91 bits per heavy atom. The van der Waals surface area contributed by atoms with E-state index in [1.165, 1.54) is 0 Å². The molecule has 2 N–H and O–H groups in total. The van der Waals surface area contributed by atoms with E-state index in [1.54, 1.807) is 7.11 Å². The highest BCUT2D eigenvalue weighted by Crippen LogP contribution is 2.52. The van der Waals surface area contributed by atoms with Crippen molar-refractivity contribution in [3.05, 3.63) is 0 Å². The fourth-order valence-corrected chi connectivity index (χ4v) is 3.12. The molecule has 0 aromatic rings. The predicted molar refractivity (Wildman–Crippen MR) is 70.4 cm³/mol. The Kier molecular flexibility index (Phi) is 4.40. The van der Waals surface area contributed by atoms with Gasteiger partial charge in [-0.2, -0.15) is 13.2 Å². The molecule has 1 aliphatic carbocycles. The molecule has 0 radical (unpaired) electrons. The third kappa shape index (κ3) is 3.19. The summed E-state index contributed by atoms with van der Waals surface area (Å²) in [6.07, 6.45) is -5.05. The van der Waals surface area contributed by atoms with Gasteiger partial charge in [-0.1, -0.05) is 5.16 Å². The van der Waals surface area contributed by atoms with Crippen LogP contribution in [0.3, 0.4) is 0 Å². The van der Waals surface area contributed by atoms with Gasteiger partial charge in [-0.05, 0) is 38.8 Å². The van der Waals surface area contributed by atoms with Gasteiger partial charge in [0.15, 0.2) is 5.60 Å². The molecule has 2 unspecified atom stereocenters. The number of carboxylic acid groups (broad SMARTS) is 1. The van der Waals surface area contributed by atoms with E-state index < -0.39 is 12.1 Å². The lowest BCUT2D eigenvalue weighted by molar-refractivity contribution is -0.192. The van der Waals surface area contributed by atoms with Crippen molar-refractivity contribution in [3.8, 4) is 0 Å². The van der Waals surface area contributed by atoms with E-state index in [0.29, 0.717) is 5.92 Å². The fraction of sp³-hybridized carbons (Fsp3) is 0.846. The van der Waals surface area contributed by atoms with Crippen molar-refractivity contribution in [2.45, 2.75) is 31.7 Å². The molecular formula is C13H19F3N2O4. The molecule has 0 aromatic carbocycles. The average molecular weight is 324 g/mol. The summed E-state index contributed by atoms with van der Waals surface area (Å²) in [5.41, 5.74) is 0.841. The van der Waals surface area contributed by atoms with Crippen molar-refractivity contribution >= 4 is 11.7 Å². The molecule has 2 aliphatic heterocycles. The molecule has 1 saturated carbocycles. The summed E-state index contributed by atoms with van der Waals surface area (Å²) >= 11 is 0. The molecule has 3 rings (SSSR count). The minimum atomic E-state index is -5.08. The zero-order chi connectivity index (χ0) is 16.7. The molecule has 2 heterocycles. The van der Waals surface area contributed by atoms with E-state index in [9.17, 15) is 13.2 Å². The second-order valence-corrected chi connectivity index (χ2v) is 6.14. The summed E-state index contributed by atoms with van der Waals surface area (Å²) in [4.78, 5) is 14.4. The first-order chi connectivity index (χ1) is 10.1. The van der Waals surface area contributed by atoms with E-state index in [2.05, 4.69) is 10.5 Å². The number of aliphatic carboxylic acids is 1. The highest BCUT2D eigenvalue weighted by Gasteiger charge is 2.60. The number of hydrogen-bond acceptors (Lipinski definition) is 5. The van der Waals surface area contributed by atoms with E-state index in [4.69, 9.17) is 19.5 Å². The highest BCUT2D eigenvalue weighted by molar-refractivity contribution is 5.95. The highest BCUT2D eigenvalue weighted by atomic mass is 19.4. The molecule has 0 spiro atoms. The van der Waals surface area contributed by atoms with Gasteiger partial charge in [0.25, 0.3) is 0 Å². The second-order valence-electron chi connectivity index (χ2n) is 6.14. The molecule has 2 fully saturated rings. The van der Waals surface area contributed by atoms with Crippen LogP contribution in [0, 0.1) is 17.8 Å². The molecule has 22 heavy (non-hydrogen) atoms. The van der Waals surface area contributed by atoms with Crippen LogP contribution < -0.4 is 5.32 Å². The van der Waals surface area contributed by atoms with Crippen LogP contribution in [0.25, 0.3) is 0 Å². The minimum absolute atomic E-state index is 0.0353. The Morgan fingerprint density at radius 3 is 2.32 bits per heavy atom. The third-order valence-electron chi connectivity index (χ3n) is 4.20. The number of fused-ring (bicyclic) bond motifs is 1. The van der Waals surface area contributed by atoms with E-state index in [1.807, 2.05) is 13.8 Å². The van der Waals surface area contributed by atoms with Gasteiger partial charge in [0.1, 0.15) is 6.10 Å². The summed E-state index contributed by atoms with van der Waals surface area (Å²) in [6, 6.07) is 0. The SMILES string of the molecule is COC1C(C2[C@H]3CNC[C@@H]23)=NOC1(C)C.O=C(O)C(F)(F)F. The summed E-state index contributed by atoms with van der Waals surface area (Å²) in [6.45, 7) is 6.33. The molecular weight excluding hydrogens is 305 g/mol. The molecule has 0 aromatic heterocycles. The predicted octanol–water partition coefficient (Wildman–Crippen LogP) is 1.26. The molecule has 9 heteroatoms. The number of carboxylic acids is 1. The van der Waals surface area contributed by atoms with Gasteiger partial charge in [0.2, 0.25) is 0 Å². The summed E-state index contributed by atoms with van der Waals surface area (Å²) < 4.78 is 37.3. The molecule has 126 valence electrons. The quantitative estimate of drug-likeness (QED) is 0.799. The number of ether oxygens (including phenoxy) is 1. The van der Waals surface area contributed by atoms with Gasteiger partial charge in [0, 0.05) is 13.0 Å². The molecule has 3 aliphatic rings. The van der Waals surface area contributed by atoms with Crippen molar-refractivity contribution in [2.75, 3.05) is 20.2 Å². The molecule has 1 saturated heterocycles. The van der Waals surface area contributed by atoms with E-state index in [-0.39, 0.29) is 11.7 Å². The Balaban J connectivity index is 0.000000217. The number of oxime groups is 1. The fourth-order valence-electron chi connectivity index (χ4n) is 3.12. The molecule has 6 nitrogen and oxygen atoms in total. The number of methoxy groups -OCH3 is 1. The third-order valence-corrected chi connectivity index (χ3v) is 4.20. The van der Waals surface area contributed by atoms with Crippen molar-refractivity contribution in [3.63, 3.8) is 0 Å². The van der Waals surface area contributed by atoms with Crippen LogP contribution in [0.4, 0.5) is 13.2 Å². The number of nitrogens with one attached hydrogen (secondary N) is 1. The van der Waals surface area contributed by atoms with Crippen LogP contribution in [0.5, 0.6) is 0 Å². The van der Waals surface area contributed by atoms with Gasteiger partial charge in [0.05, 0.1) is 5.71 Å². The van der Waals surface area contributed by atoms with Crippen LogP contribution in [-0.4, -0.2) is 54.9 Å². The zero-order valence-corrected chi connectivity index (χ0v) is 12.5. The standard InChI is InChI=1S/C11H18N2O2.C2HF3O2/c1-11(2)10(14-3)9(13-15-11)8-6-4-12-5-7(6)8;3-2(4,5)1(6)7/h6-8,10,12H,4-5H2,1-3H3;(H,6,7)/t6-,7+,8?,10?;. The van der Waals surface area contributed by atoms with Crippen LogP contribution in [0.1, 0.15) is 13.8 Å². The van der Waals surface area contributed by atoms with Crippen molar-refractivity contribution in [2.24, 2.45) is 22.9 Å². The average Bonchev–Trinajstić information content (AvgIpc) is 2.76. The second kappa shape index (κ2) is 5.69. The summed E-state index contributed by atoms with van der Waals surface area (Å²) in [7, 11) is 1.74. The summed E-state index contributed by atoms with van der Waals surface area (Å²) in [5, 5.41) is 14.8. The maximum atomic E-state index is 10.6. The smallest absolute Gasteiger partial charge is 0.475 e. The summed E-state index contributed by atoms with van der Waals surface area (Å²) in [5.74, 6) is -0.594. The lowest BCUT2D eigenvalue weighted by Gasteiger charge is -2.24. The van der Waals surface area contributed by atoms with E-state index >= 15 is 0 Å². The Morgan fingerprint density at radius 1 is 1.41 bits per heavy atom. The maximum absolute atomic E-state index is 10.6. The zero-order valence-electron chi connectivity index (χ0n) is 12.5. The monoisotopic (exact) mass is 324 g/mol. The first kappa shape index (κ1) is 17.0. The van der Waals surface area contributed by atoms with Gasteiger partial charge in [-0.15, -0.1) is 0 Å². The van der Waals surface area contributed by atoms with Crippen LogP contribution in [-0.2, 0) is 14.4 Å². The number of piperidine rings is 1. The van der Waals surface area contributed by atoms with Crippen molar-refractivity contribution in [1.82, 2.24) is 5.32 Å². The van der Waals surface area contributed by atoms with Gasteiger partial charge in [-0.25, -0.2) is 4.79 Å². The minimum Gasteiger partial charge on any atom is -0.475 e. The first-order valence-electron chi connectivity index (χ1n) is 6.89. The van der Waals surface area contributed by atoms with E-state index in [0.717, 1.165) is 30.6 Å². The maximum Gasteiger partial charge on any atom is 0.490 e.